The Hall–Kier alpha value is -1.82. The third kappa shape index (κ3) is 3.84. The molecule has 6 heteroatoms. The van der Waals surface area contributed by atoms with Gasteiger partial charge in [0.25, 0.3) is 5.91 Å². The molecule has 0 unspecified atom stereocenters. The Balaban J connectivity index is 3.08. The summed E-state index contributed by atoms with van der Waals surface area (Å²) in [5.41, 5.74) is 6.05. The molecule has 0 radical (unpaired) electrons. The van der Waals surface area contributed by atoms with Crippen molar-refractivity contribution in [3.8, 4) is 11.5 Å². The van der Waals surface area contributed by atoms with Gasteiger partial charge >= 0.3 is 0 Å². The van der Waals surface area contributed by atoms with Crippen molar-refractivity contribution in [3.63, 3.8) is 0 Å². The fourth-order valence-electron chi connectivity index (χ4n) is 1.79. The van der Waals surface area contributed by atoms with Crippen LogP contribution in [0.3, 0.4) is 0 Å². The van der Waals surface area contributed by atoms with Crippen molar-refractivity contribution in [2.45, 2.75) is 19.9 Å². The van der Waals surface area contributed by atoms with Crippen LogP contribution in [0.15, 0.2) is 18.2 Å². The van der Waals surface area contributed by atoms with Gasteiger partial charge in [0.1, 0.15) is 0 Å². The van der Waals surface area contributed by atoms with Crippen molar-refractivity contribution in [3.05, 3.63) is 23.8 Å². The van der Waals surface area contributed by atoms with Gasteiger partial charge in [-0.3, -0.25) is 4.79 Å². The van der Waals surface area contributed by atoms with Crippen LogP contribution in [0.2, 0.25) is 0 Å². The maximum absolute atomic E-state index is 12.5. The van der Waals surface area contributed by atoms with Crippen LogP contribution in [-0.4, -0.2) is 42.6 Å². The molecular formula is C14H20N2O3S. The number of nitrogens with zero attached hydrogens (tertiary/aromatic N) is 1. The van der Waals surface area contributed by atoms with Gasteiger partial charge in [0.15, 0.2) is 11.5 Å². The SMILES string of the molecule is COc1ccc(C(=O)N(CC(N)=S)C(C)C)cc1OC. The van der Waals surface area contributed by atoms with Gasteiger partial charge in [0, 0.05) is 11.6 Å². The number of carbonyl (C=O) groups is 1. The number of nitrogens with two attached hydrogens (primary N) is 1. The molecule has 0 bridgehead atoms. The van der Waals surface area contributed by atoms with Gasteiger partial charge in [-0.05, 0) is 32.0 Å². The highest BCUT2D eigenvalue weighted by Crippen LogP contribution is 2.28. The molecule has 2 N–H and O–H groups in total. The lowest BCUT2D eigenvalue weighted by Crippen LogP contribution is -2.42. The van der Waals surface area contributed by atoms with E-state index in [1.54, 1.807) is 30.2 Å². The van der Waals surface area contributed by atoms with E-state index in [-0.39, 0.29) is 23.5 Å². The number of hydrogen-bond acceptors (Lipinski definition) is 4. The number of hydrogen-bond donors (Lipinski definition) is 1. The van der Waals surface area contributed by atoms with Gasteiger partial charge in [-0.25, -0.2) is 0 Å². The highest BCUT2D eigenvalue weighted by Gasteiger charge is 2.20. The number of ether oxygens (including phenoxy) is 2. The molecule has 0 spiro atoms. The quantitative estimate of drug-likeness (QED) is 0.812. The van der Waals surface area contributed by atoms with E-state index in [9.17, 15) is 4.79 Å². The summed E-state index contributed by atoms with van der Waals surface area (Å²) in [5, 5.41) is 0. The molecule has 1 aromatic carbocycles. The van der Waals surface area contributed by atoms with Gasteiger partial charge in [-0.2, -0.15) is 0 Å². The number of rotatable bonds is 6. The maximum atomic E-state index is 12.5. The summed E-state index contributed by atoms with van der Waals surface area (Å²) in [7, 11) is 3.08. The first-order valence-corrected chi connectivity index (χ1v) is 6.62. The summed E-state index contributed by atoms with van der Waals surface area (Å²) in [6.07, 6.45) is 0. The normalized spacial score (nSPS) is 10.2. The van der Waals surface area contributed by atoms with Gasteiger partial charge in [-0.1, -0.05) is 12.2 Å². The minimum absolute atomic E-state index is 0.00269. The minimum atomic E-state index is -0.145. The number of methoxy groups -OCH3 is 2. The minimum Gasteiger partial charge on any atom is -0.493 e. The molecular weight excluding hydrogens is 276 g/mol. The van der Waals surface area contributed by atoms with E-state index in [1.807, 2.05) is 13.8 Å². The Kier molecular flexibility index (Phi) is 5.76. The first-order valence-electron chi connectivity index (χ1n) is 6.22. The summed E-state index contributed by atoms with van der Waals surface area (Å²) >= 11 is 4.89. The molecule has 110 valence electrons. The molecule has 20 heavy (non-hydrogen) atoms. The van der Waals surface area contributed by atoms with Crippen molar-refractivity contribution >= 4 is 23.1 Å². The maximum Gasteiger partial charge on any atom is 0.254 e. The lowest BCUT2D eigenvalue weighted by molar-refractivity contribution is 0.0735. The monoisotopic (exact) mass is 296 g/mol. The van der Waals surface area contributed by atoms with Crippen LogP contribution in [-0.2, 0) is 0 Å². The molecule has 0 aromatic heterocycles. The van der Waals surface area contributed by atoms with Crippen LogP contribution < -0.4 is 15.2 Å². The Bertz CT molecular complexity index is 503. The van der Waals surface area contributed by atoms with Crippen LogP contribution >= 0.6 is 12.2 Å². The smallest absolute Gasteiger partial charge is 0.254 e. The first kappa shape index (κ1) is 16.2. The summed E-state index contributed by atoms with van der Waals surface area (Å²) < 4.78 is 10.4. The van der Waals surface area contributed by atoms with Gasteiger partial charge < -0.3 is 20.1 Å². The van der Waals surface area contributed by atoms with Crippen LogP contribution in [0.25, 0.3) is 0 Å². The molecule has 1 amide bonds. The second kappa shape index (κ2) is 7.09. The second-order valence-corrected chi connectivity index (χ2v) is 5.09. The molecule has 0 heterocycles. The Morgan fingerprint density at radius 2 is 1.90 bits per heavy atom. The Labute approximate surface area is 124 Å². The zero-order chi connectivity index (χ0) is 15.3. The molecule has 0 atom stereocenters. The van der Waals surface area contributed by atoms with Crippen LogP contribution in [0.4, 0.5) is 0 Å². The number of carbonyl (C=O) groups excluding carboxylic acids is 1. The van der Waals surface area contributed by atoms with Crippen LogP contribution in [0.1, 0.15) is 24.2 Å². The average Bonchev–Trinajstić information content (AvgIpc) is 2.42. The largest absolute Gasteiger partial charge is 0.493 e. The number of amides is 1. The highest BCUT2D eigenvalue weighted by atomic mass is 32.1. The van der Waals surface area contributed by atoms with E-state index in [4.69, 9.17) is 27.4 Å². The fraction of sp³-hybridized carbons (Fsp3) is 0.429. The van der Waals surface area contributed by atoms with Gasteiger partial charge in [-0.15, -0.1) is 0 Å². The van der Waals surface area contributed by atoms with E-state index in [0.717, 1.165) is 0 Å². The molecule has 0 aliphatic heterocycles. The molecule has 1 rings (SSSR count). The topological polar surface area (TPSA) is 64.8 Å². The summed E-state index contributed by atoms with van der Waals surface area (Å²) in [6.45, 7) is 4.08. The van der Waals surface area contributed by atoms with Gasteiger partial charge in [0.2, 0.25) is 0 Å². The molecule has 0 saturated heterocycles. The van der Waals surface area contributed by atoms with Crippen molar-refractivity contribution in [1.29, 1.82) is 0 Å². The average molecular weight is 296 g/mol. The lowest BCUT2D eigenvalue weighted by Gasteiger charge is -2.26. The fourth-order valence-corrected chi connectivity index (χ4v) is 1.93. The Morgan fingerprint density at radius 3 is 2.35 bits per heavy atom. The summed E-state index contributed by atoms with van der Waals surface area (Å²) in [4.78, 5) is 14.4. The van der Waals surface area contributed by atoms with E-state index in [1.165, 1.54) is 7.11 Å². The van der Waals surface area contributed by atoms with E-state index in [0.29, 0.717) is 17.1 Å². The predicted molar refractivity (Wildman–Crippen MR) is 82.5 cm³/mol. The van der Waals surface area contributed by atoms with E-state index in [2.05, 4.69) is 0 Å². The molecule has 0 fully saturated rings. The van der Waals surface area contributed by atoms with Crippen LogP contribution in [0, 0.1) is 0 Å². The van der Waals surface area contributed by atoms with Gasteiger partial charge in [0.05, 0.1) is 25.8 Å². The Morgan fingerprint density at radius 1 is 1.30 bits per heavy atom. The highest BCUT2D eigenvalue weighted by molar-refractivity contribution is 7.80. The zero-order valence-electron chi connectivity index (χ0n) is 12.2. The standard InChI is InChI=1S/C14H20N2O3S/c1-9(2)16(8-13(15)20)14(17)10-5-6-11(18-3)12(7-10)19-4/h5-7,9H,8H2,1-4H3,(H2,15,20). The predicted octanol–water partition coefficient (Wildman–Crippen LogP) is 1.84. The van der Waals surface area contributed by atoms with Crippen molar-refractivity contribution in [1.82, 2.24) is 4.90 Å². The summed E-state index contributed by atoms with van der Waals surface area (Å²) in [5.74, 6) is 0.945. The van der Waals surface area contributed by atoms with Crippen molar-refractivity contribution in [2.24, 2.45) is 5.73 Å². The second-order valence-electron chi connectivity index (χ2n) is 4.56. The first-order chi connectivity index (χ1) is 9.40. The van der Waals surface area contributed by atoms with Crippen molar-refractivity contribution < 1.29 is 14.3 Å². The van der Waals surface area contributed by atoms with Crippen molar-refractivity contribution in [2.75, 3.05) is 20.8 Å². The molecule has 0 saturated carbocycles. The molecule has 5 nitrogen and oxygen atoms in total. The molecule has 0 aliphatic carbocycles. The number of benzene rings is 1. The zero-order valence-corrected chi connectivity index (χ0v) is 13.0. The van der Waals surface area contributed by atoms with Crippen LogP contribution in [0.5, 0.6) is 11.5 Å². The van der Waals surface area contributed by atoms with E-state index >= 15 is 0 Å². The third-order valence-corrected chi connectivity index (χ3v) is 2.97. The molecule has 0 aliphatic rings. The number of thiocarbonyl (C=S) groups is 1. The third-order valence-electron chi connectivity index (χ3n) is 2.84. The lowest BCUT2D eigenvalue weighted by atomic mass is 10.1. The molecule has 1 aromatic rings. The summed E-state index contributed by atoms with van der Waals surface area (Å²) in [6, 6.07) is 5.04. The van der Waals surface area contributed by atoms with E-state index < -0.39 is 0 Å².